The van der Waals surface area contributed by atoms with Gasteiger partial charge in [0, 0.05) is 19.0 Å². The first-order valence-corrected chi connectivity index (χ1v) is 8.20. The number of imidazole rings is 1. The van der Waals surface area contributed by atoms with Gasteiger partial charge in [-0.25, -0.2) is 9.78 Å². The fourth-order valence-electron chi connectivity index (χ4n) is 3.17. The van der Waals surface area contributed by atoms with Gasteiger partial charge in [0.2, 0.25) is 0 Å². The number of aromatic nitrogens is 2. The summed E-state index contributed by atoms with van der Waals surface area (Å²) in [5, 5.41) is 6.03. The topological polar surface area (TPSA) is 69.8 Å². The van der Waals surface area contributed by atoms with Gasteiger partial charge in [-0.2, -0.15) is 0 Å². The number of nitrogens with zero attached hydrogens (tertiary/aromatic N) is 1. The molecule has 5 nitrogen and oxygen atoms in total. The highest BCUT2D eigenvalue weighted by molar-refractivity contribution is 5.75. The summed E-state index contributed by atoms with van der Waals surface area (Å²) in [5.41, 5.74) is 2.01. The maximum Gasteiger partial charge on any atom is 0.315 e. The van der Waals surface area contributed by atoms with Gasteiger partial charge in [0.25, 0.3) is 0 Å². The third-order valence-electron chi connectivity index (χ3n) is 4.51. The Labute approximate surface area is 130 Å². The molecule has 0 bridgehead atoms. The first-order valence-electron chi connectivity index (χ1n) is 8.20. The number of H-pyrrole nitrogens is 1. The van der Waals surface area contributed by atoms with Gasteiger partial charge in [-0.3, -0.25) is 0 Å². The van der Waals surface area contributed by atoms with E-state index in [2.05, 4.69) is 27.5 Å². The van der Waals surface area contributed by atoms with Crippen LogP contribution < -0.4 is 10.6 Å². The van der Waals surface area contributed by atoms with E-state index >= 15 is 0 Å². The summed E-state index contributed by atoms with van der Waals surface area (Å²) in [5.74, 6) is 1.49. The molecule has 22 heavy (non-hydrogen) atoms. The first-order chi connectivity index (χ1) is 10.7. The monoisotopic (exact) mass is 300 g/mol. The number of para-hydroxylation sites is 2. The zero-order valence-corrected chi connectivity index (χ0v) is 13.1. The van der Waals surface area contributed by atoms with Crippen molar-refractivity contribution in [2.75, 3.05) is 6.54 Å². The summed E-state index contributed by atoms with van der Waals surface area (Å²) in [6.07, 6.45) is 5.52. The number of hydrogen-bond donors (Lipinski definition) is 3. The van der Waals surface area contributed by atoms with Gasteiger partial charge in [0.15, 0.2) is 0 Å². The Balaban J connectivity index is 1.45. The molecule has 3 N–H and O–H groups in total. The number of carbonyl (C=O) groups is 1. The molecule has 2 atom stereocenters. The SMILES string of the molecule is CC1CCCCC1NC(=O)NCCc1nc2ccccc2[nH]1. The number of amides is 2. The average Bonchev–Trinajstić information content (AvgIpc) is 2.92. The Bertz CT molecular complexity index is 603. The summed E-state index contributed by atoms with van der Waals surface area (Å²) < 4.78 is 0. The van der Waals surface area contributed by atoms with E-state index in [0.29, 0.717) is 24.9 Å². The van der Waals surface area contributed by atoms with E-state index in [-0.39, 0.29) is 6.03 Å². The molecule has 1 aliphatic carbocycles. The van der Waals surface area contributed by atoms with Gasteiger partial charge < -0.3 is 15.6 Å². The number of rotatable bonds is 4. The lowest BCUT2D eigenvalue weighted by atomic mass is 9.86. The lowest BCUT2D eigenvalue weighted by Gasteiger charge is -2.29. The highest BCUT2D eigenvalue weighted by Crippen LogP contribution is 2.23. The normalized spacial score (nSPS) is 21.7. The summed E-state index contributed by atoms with van der Waals surface area (Å²) in [7, 11) is 0. The van der Waals surface area contributed by atoms with Crippen molar-refractivity contribution >= 4 is 17.1 Å². The molecule has 118 valence electrons. The van der Waals surface area contributed by atoms with Crippen LogP contribution in [0.5, 0.6) is 0 Å². The second-order valence-electron chi connectivity index (χ2n) is 6.22. The molecule has 2 unspecified atom stereocenters. The molecule has 1 fully saturated rings. The summed E-state index contributed by atoms with van der Waals surface area (Å²) >= 11 is 0. The zero-order valence-electron chi connectivity index (χ0n) is 13.1. The lowest BCUT2D eigenvalue weighted by Crippen LogP contribution is -2.46. The van der Waals surface area contributed by atoms with Gasteiger partial charge in [-0.05, 0) is 30.9 Å². The molecule has 2 amide bonds. The van der Waals surface area contributed by atoms with E-state index in [1.807, 2.05) is 24.3 Å². The van der Waals surface area contributed by atoms with Crippen molar-refractivity contribution in [2.24, 2.45) is 5.92 Å². The summed E-state index contributed by atoms with van der Waals surface area (Å²) in [6, 6.07) is 8.22. The highest BCUT2D eigenvalue weighted by atomic mass is 16.2. The summed E-state index contributed by atoms with van der Waals surface area (Å²) in [4.78, 5) is 19.8. The molecule has 1 aromatic carbocycles. The molecular weight excluding hydrogens is 276 g/mol. The Kier molecular flexibility index (Phi) is 4.61. The number of nitrogens with one attached hydrogen (secondary N) is 3. The third-order valence-corrected chi connectivity index (χ3v) is 4.51. The number of aromatic amines is 1. The molecule has 0 saturated heterocycles. The number of fused-ring (bicyclic) bond motifs is 1. The maximum absolute atomic E-state index is 12.0. The minimum absolute atomic E-state index is 0.0603. The first kappa shape index (κ1) is 14.9. The van der Waals surface area contributed by atoms with Crippen LogP contribution in [0.15, 0.2) is 24.3 Å². The van der Waals surface area contributed by atoms with E-state index in [9.17, 15) is 4.79 Å². The second-order valence-corrected chi connectivity index (χ2v) is 6.22. The van der Waals surface area contributed by atoms with Gasteiger partial charge in [0.05, 0.1) is 11.0 Å². The minimum atomic E-state index is -0.0603. The molecule has 0 aliphatic heterocycles. The Morgan fingerprint density at radius 2 is 2.14 bits per heavy atom. The standard InChI is InChI=1S/C17H24N4O/c1-12-6-2-3-7-13(12)21-17(22)18-11-10-16-19-14-8-4-5-9-15(14)20-16/h4-5,8-9,12-13H,2-3,6-7,10-11H2,1H3,(H,19,20)(H2,18,21,22). The number of carbonyl (C=O) groups excluding carboxylic acids is 1. The van der Waals surface area contributed by atoms with E-state index in [1.54, 1.807) is 0 Å². The fraction of sp³-hybridized carbons (Fsp3) is 0.529. The molecule has 3 rings (SSSR count). The minimum Gasteiger partial charge on any atom is -0.342 e. The van der Waals surface area contributed by atoms with Gasteiger partial charge in [-0.1, -0.05) is 31.9 Å². The molecule has 0 spiro atoms. The van der Waals surface area contributed by atoms with Crippen molar-refractivity contribution in [2.45, 2.75) is 45.1 Å². The zero-order chi connectivity index (χ0) is 15.4. The van der Waals surface area contributed by atoms with Crippen LogP contribution in [0.4, 0.5) is 4.79 Å². The molecule has 1 saturated carbocycles. The third kappa shape index (κ3) is 3.59. The molecule has 1 aliphatic rings. The predicted molar refractivity (Wildman–Crippen MR) is 87.8 cm³/mol. The van der Waals surface area contributed by atoms with E-state index in [0.717, 1.165) is 23.3 Å². The van der Waals surface area contributed by atoms with Crippen molar-refractivity contribution < 1.29 is 4.79 Å². The van der Waals surface area contributed by atoms with Crippen LogP contribution in [0.3, 0.4) is 0 Å². The maximum atomic E-state index is 12.0. The van der Waals surface area contributed by atoms with E-state index < -0.39 is 0 Å². The van der Waals surface area contributed by atoms with Crippen LogP contribution in [0.2, 0.25) is 0 Å². The van der Waals surface area contributed by atoms with E-state index in [1.165, 1.54) is 19.3 Å². The molecule has 2 aromatic rings. The van der Waals surface area contributed by atoms with Gasteiger partial charge in [0.1, 0.15) is 5.82 Å². The molecule has 5 heteroatoms. The van der Waals surface area contributed by atoms with Crippen LogP contribution >= 0.6 is 0 Å². The molecule has 1 aromatic heterocycles. The fourth-order valence-corrected chi connectivity index (χ4v) is 3.17. The Morgan fingerprint density at radius 3 is 2.95 bits per heavy atom. The molecule has 1 heterocycles. The Hall–Kier alpha value is -2.04. The van der Waals surface area contributed by atoms with Crippen LogP contribution in [0.25, 0.3) is 11.0 Å². The van der Waals surface area contributed by atoms with Crippen molar-refractivity contribution in [3.8, 4) is 0 Å². The van der Waals surface area contributed by atoms with Crippen molar-refractivity contribution in [3.05, 3.63) is 30.1 Å². The smallest absolute Gasteiger partial charge is 0.315 e. The van der Waals surface area contributed by atoms with Gasteiger partial charge in [-0.15, -0.1) is 0 Å². The second kappa shape index (κ2) is 6.81. The largest absolute Gasteiger partial charge is 0.342 e. The van der Waals surface area contributed by atoms with Gasteiger partial charge >= 0.3 is 6.03 Å². The predicted octanol–water partition coefficient (Wildman–Crippen LogP) is 2.98. The molecule has 0 radical (unpaired) electrons. The van der Waals surface area contributed by atoms with Crippen LogP contribution in [-0.2, 0) is 6.42 Å². The quantitative estimate of drug-likeness (QED) is 0.812. The van der Waals surface area contributed by atoms with Crippen molar-refractivity contribution in [3.63, 3.8) is 0 Å². The highest BCUT2D eigenvalue weighted by Gasteiger charge is 2.22. The number of urea groups is 1. The van der Waals surface area contributed by atoms with Crippen molar-refractivity contribution in [1.82, 2.24) is 20.6 Å². The Morgan fingerprint density at radius 1 is 1.32 bits per heavy atom. The number of benzene rings is 1. The van der Waals surface area contributed by atoms with E-state index in [4.69, 9.17) is 0 Å². The average molecular weight is 300 g/mol. The molecular formula is C17H24N4O. The van der Waals surface area contributed by atoms with Crippen LogP contribution in [0, 0.1) is 5.92 Å². The number of hydrogen-bond acceptors (Lipinski definition) is 2. The lowest BCUT2D eigenvalue weighted by molar-refractivity contribution is 0.222. The van der Waals surface area contributed by atoms with Crippen LogP contribution in [-0.4, -0.2) is 28.6 Å². The van der Waals surface area contributed by atoms with Crippen molar-refractivity contribution in [1.29, 1.82) is 0 Å². The summed E-state index contributed by atoms with van der Waals surface area (Å²) in [6.45, 7) is 2.81. The van der Waals surface area contributed by atoms with Crippen LogP contribution in [0.1, 0.15) is 38.4 Å².